The second kappa shape index (κ2) is 7.31. The third kappa shape index (κ3) is 2.79. The molecule has 0 aromatic heterocycles. The zero-order valence-electron chi connectivity index (χ0n) is 21.0. The van der Waals surface area contributed by atoms with E-state index in [9.17, 15) is 0 Å². The van der Waals surface area contributed by atoms with E-state index in [0.717, 1.165) is 0 Å². The van der Waals surface area contributed by atoms with Gasteiger partial charge < -0.3 is 0 Å². The van der Waals surface area contributed by atoms with Crippen molar-refractivity contribution in [1.29, 1.82) is 0 Å². The van der Waals surface area contributed by atoms with Crippen molar-refractivity contribution in [3.63, 3.8) is 0 Å². The van der Waals surface area contributed by atoms with Gasteiger partial charge in [0.05, 0.1) is 0 Å². The van der Waals surface area contributed by atoms with Gasteiger partial charge >= 0.3 is 0 Å². The molecule has 8 aromatic rings. The summed E-state index contributed by atoms with van der Waals surface area (Å²) in [6.45, 7) is 4.77. The van der Waals surface area contributed by atoms with Crippen LogP contribution in [0.5, 0.6) is 0 Å². The summed E-state index contributed by atoms with van der Waals surface area (Å²) in [5.74, 6) is 0. The van der Waals surface area contributed by atoms with E-state index >= 15 is 0 Å². The van der Waals surface area contributed by atoms with Gasteiger partial charge in [-0.05, 0) is 27.0 Å². The highest BCUT2D eigenvalue weighted by Crippen LogP contribution is 2.45. The Morgan fingerprint density at radius 1 is 0.486 bits per heavy atom. The van der Waals surface area contributed by atoms with Crippen LogP contribution in [0.1, 0.15) is 25.0 Å². The molecule has 0 atom stereocenters. The van der Waals surface area contributed by atoms with E-state index in [1.54, 1.807) is 0 Å². The Labute approximate surface area is 216 Å². The van der Waals surface area contributed by atoms with Crippen LogP contribution in [0.2, 0.25) is 0 Å². The summed E-state index contributed by atoms with van der Waals surface area (Å²) in [6.07, 6.45) is 0. The second-order valence-electron chi connectivity index (χ2n) is 10.9. The second-order valence-corrected chi connectivity index (χ2v) is 10.9. The van der Waals surface area contributed by atoms with Gasteiger partial charge in [-0.3, -0.25) is 0 Å². The fourth-order valence-corrected chi connectivity index (χ4v) is 6.81. The largest absolute Gasteiger partial charge is 0.167 e. The Morgan fingerprint density at radius 3 is 1.95 bits per heavy atom. The van der Waals surface area contributed by atoms with E-state index in [-0.39, 0.29) is 5.41 Å². The minimum absolute atomic E-state index is 0.139. The average molecular weight is 471 g/mol. The van der Waals surface area contributed by atoms with Gasteiger partial charge in [-0.1, -0.05) is 120 Å². The number of fused-ring (bicyclic) bond motifs is 10. The summed E-state index contributed by atoms with van der Waals surface area (Å²) in [6, 6.07) is 45.2. The van der Waals surface area contributed by atoms with Crippen LogP contribution in [0.3, 0.4) is 0 Å². The zero-order valence-corrected chi connectivity index (χ0v) is 21.0. The molecule has 8 rings (SSSR count). The molecule has 0 saturated carbocycles. The van der Waals surface area contributed by atoms with Crippen LogP contribution >= 0.6 is 0 Å². The highest BCUT2D eigenvalue weighted by molar-refractivity contribution is 6.22. The summed E-state index contributed by atoms with van der Waals surface area (Å²) < 4.78 is 0. The van der Waals surface area contributed by atoms with Crippen LogP contribution in [0.4, 0.5) is 0 Å². The minimum atomic E-state index is -0.139. The van der Waals surface area contributed by atoms with Crippen molar-refractivity contribution in [1.82, 2.24) is 0 Å². The van der Waals surface area contributed by atoms with Gasteiger partial charge in [0, 0.05) is 0 Å². The van der Waals surface area contributed by atoms with Crippen LogP contribution in [-0.4, -0.2) is 0 Å². The third-order valence-corrected chi connectivity index (χ3v) is 8.66. The summed E-state index contributed by atoms with van der Waals surface area (Å²) in [7, 11) is 0. The molecule has 0 fully saturated rings. The Hall–Kier alpha value is -4.42. The lowest BCUT2D eigenvalue weighted by Gasteiger charge is -2.33. The lowest BCUT2D eigenvalue weighted by molar-refractivity contribution is 0.656. The molecule has 0 N–H and O–H groups in total. The summed E-state index contributed by atoms with van der Waals surface area (Å²) >= 11 is 0. The predicted octanol–water partition coefficient (Wildman–Crippen LogP) is 10.4. The number of hydrogen-bond acceptors (Lipinski definition) is 0. The summed E-state index contributed by atoms with van der Waals surface area (Å²) in [5.41, 5.74) is 2.64. The highest BCUT2D eigenvalue weighted by atomic mass is 14.3. The normalized spacial score (nSPS) is 12.6. The molecular formula is C37H26-2. The third-order valence-electron chi connectivity index (χ3n) is 8.66. The van der Waals surface area contributed by atoms with Crippen LogP contribution in [0, 0.1) is 0 Å². The predicted molar refractivity (Wildman–Crippen MR) is 161 cm³/mol. The van der Waals surface area contributed by atoms with Crippen molar-refractivity contribution < 1.29 is 0 Å². The molecule has 0 amide bonds. The first kappa shape index (κ1) is 20.7. The van der Waals surface area contributed by atoms with Gasteiger partial charge in [-0.15, -0.1) is 63.7 Å². The van der Waals surface area contributed by atoms with Crippen molar-refractivity contribution in [3.05, 3.63) is 132 Å². The van der Waals surface area contributed by atoms with Gasteiger partial charge in [-0.25, -0.2) is 0 Å². The van der Waals surface area contributed by atoms with Crippen LogP contribution in [0.15, 0.2) is 121 Å². The lowest BCUT2D eigenvalue weighted by atomic mass is 9.77. The Balaban J connectivity index is 1.39. The topological polar surface area (TPSA) is 0 Å². The monoisotopic (exact) mass is 470 g/mol. The molecule has 0 aliphatic rings. The van der Waals surface area contributed by atoms with E-state index in [1.165, 1.54) is 75.8 Å². The summed E-state index contributed by atoms with van der Waals surface area (Å²) in [4.78, 5) is 0. The van der Waals surface area contributed by atoms with E-state index in [1.807, 2.05) is 0 Å². The first-order chi connectivity index (χ1) is 18.1. The first-order valence-corrected chi connectivity index (χ1v) is 13.1. The Morgan fingerprint density at radius 2 is 1.11 bits per heavy atom. The fourth-order valence-electron chi connectivity index (χ4n) is 6.81. The molecule has 0 radical (unpaired) electrons. The molecule has 0 heteroatoms. The van der Waals surface area contributed by atoms with Crippen molar-refractivity contribution in [3.8, 4) is 0 Å². The van der Waals surface area contributed by atoms with Gasteiger partial charge in [0.15, 0.2) is 0 Å². The molecule has 0 aliphatic heterocycles. The number of benzene rings is 6. The maximum absolute atomic E-state index is 2.39. The molecule has 0 aliphatic carbocycles. The van der Waals surface area contributed by atoms with Crippen molar-refractivity contribution in [2.45, 2.75) is 19.3 Å². The fraction of sp³-hybridized carbons (Fsp3) is 0.0811. The van der Waals surface area contributed by atoms with Gasteiger partial charge in [0.1, 0.15) is 0 Å². The Bertz CT molecular complexity index is 2000. The van der Waals surface area contributed by atoms with Crippen molar-refractivity contribution in [2.75, 3.05) is 0 Å². The van der Waals surface area contributed by atoms with Gasteiger partial charge in [0.25, 0.3) is 0 Å². The molecule has 37 heavy (non-hydrogen) atoms. The van der Waals surface area contributed by atoms with Crippen molar-refractivity contribution in [2.24, 2.45) is 0 Å². The molecule has 0 saturated heterocycles. The highest BCUT2D eigenvalue weighted by Gasteiger charge is 2.21. The van der Waals surface area contributed by atoms with Crippen molar-refractivity contribution >= 4 is 64.6 Å². The van der Waals surface area contributed by atoms with Crippen LogP contribution in [-0.2, 0) is 5.41 Å². The molecule has 176 valence electrons. The smallest absolute Gasteiger partial charge is 0.0186 e. The van der Waals surface area contributed by atoms with Crippen LogP contribution < -0.4 is 0 Å². The van der Waals surface area contributed by atoms with E-state index in [0.29, 0.717) is 0 Å². The molecular weight excluding hydrogens is 444 g/mol. The molecule has 8 aromatic carbocycles. The van der Waals surface area contributed by atoms with Crippen LogP contribution in [0.25, 0.3) is 64.6 Å². The van der Waals surface area contributed by atoms with E-state index < -0.39 is 0 Å². The molecule has 0 unspecified atom stereocenters. The number of rotatable bonds is 2. The zero-order chi connectivity index (χ0) is 24.7. The Kier molecular flexibility index (Phi) is 4.10. The van der Waals surface area contributed by atoms with Gasteiger partial charge in [-0.2, -0.15) is 6.07 Å². The molecule has 0 spiro atoms. The van der Waals surface area contributed by atoms with E-state index in [4.69, 9.17) is 0 Å². The molecule has 0 heterocycles. The quantitative estimate of drug-likeness (QED) is 0.174. The maximum atomic E-state index is 2.39. The molecule has 0 bridgehead atoms. The minimum Gasteiger partial charge on any atom is -0.167 e. The SMILES string of the molecule is CC(C)(c1cc[c-]2c1ccc1ccc3ccccc3c12)[c-]1ccc2c3c(ccc4ccccc43)ccc21. The lowest BCUT2D eigenvalue weighted by Crippen LogP contribution is -2.17. The first-order valence-electron chi connectivity index (χ1n) is 13.1. The van der Waals surface area contributed by atoms with E-state index in [2.05, 4.69) is 135 Å². The standard InChI is InChI=1S/C37H26/c1-37(2,33-21-19-31-29(33)17-15-25-13-11-23-7-3-5-9-27(23)35(25)31)34-22-20-32-30(34)18-16-26-14-12-24-8-4-6-10-28(24)36(26)32/h3-22H,1-2H3/q-2. The number of hydrogen-bond donors (Lipinski definition) is 0. The summed E-state index contributed by atoms with van der Waals surface area (Å²) in [5, 5.41) is 16.0. The maximum Gasteiger partial charge on any atom is -0.0186 e. The molecule has 0 nitrogen and oxygen atoms in total. The average Bonchev–Trinajstić information content (AvgIpc) is 3.58. The van der Waals surface area contributed by atoms with Gasteiger partial charge in [0.2, 0.25) is 0 Å².